The highest BCUT2D eigenvalue weighted by Crippen LogP contribution is 2.20. The van der Waals surface area contributed by atoms with E-state index in [2.05, 4.69) is 11.2 Å². The Morgan fingerprint density at radius 2 is 1.94 bits per heavy atom. The van der Waals surface area contributed by atoms with Crippen LogP contribution in [0.5, 0.6) is 0 Å². The number of benzene rings is 1. The van der Waals surface area contributed by atoms with E-state index in [0.29, 0.717) is 6.07 Å². The fourth-order valence-corrected chi connectivity index (χ4v) is 1.25. The van der Waals surface area contributed by atoms with Gasteiger partial charge in [0.05, 0.1) is 6.54 Å². The van der Waals surface area contributed by atoms with Crippen LogP contribution in [0.15, 0.2) is 12.1 Å². The van der Waals surface area contributed by atoms with Crippen LogP contribution in [-0.2, 0) is 4.79 Å². The van der Waals surface area contributed by atoms with Crippen LogP contribution in [0.25, 0.3) is 0 Å². The number of halogens is 3. The molecule has 6 heteroatoms. The molecule has 0 saturated heterocycles. The minimum absolute atomic E-state index is 0.143. The van der Waals surface area contributed by atoms with Gasteiger partial charge in [0.15, 0.2) is 11.6 Å². The summed E-state index contributed by atoms with van der Waals surface area (Å²) in [5, 5.41) is 11.1. The van der Waals surface area contributed by atoms with Crippen molar-refractivity contribution < 1.29 is 23.1 Å². The van der Waals surface area contributed by atoms with Crippen molar-refractivity contribution in [2.24, 2.45) is 0 Å². The van der Waals surface area contributed by atoms with E-state index in [9.17, 15) is 18.0 Å². The average Bonchev–Trinajstić information content (AvgIpc) is 2.25. The topological polar surface area (TPSA) is 49.3 Å². The molecule has 3 nitrogen and oxygen atoms in total. The predicted molar refractivity (Wildman–Crippen MR) is 53.5 cm³/mol. The van der Waals surface area contributed by atoms with Gasteiger partial charge in [0, 0.05) is 11.6 Å². The summed E-state index contributed by atoms with van der Waals surface area (Å²) in [5.41, 5.74) is -0.508. The van der Waals surface area contributed by atoms with Crippen molar-refractivity contribution >= 4 is 5.97 Å². The molecule has 1 rings (SSSR count). The Morgan fingerprint density at radius 1 is 1.35 bits per heavy atom. The number of terminal acetylenes is 1. The lowest BCUT2D eigenvalue weighted by molar-refractivity contribution is -0.139. The van der Waals surface area contributed by atoms with Crippen molar-refractivity contribution in [1.82, 2.24) is 5.32 Å². The van der Waals surface area contributed by atoms with E-state index in [-0.39, 0.29) is 12.6 Å². The molecule has 0 bridgehead atoms. The summed E-state index contributed by atoms with van der Waals surface area (Å²) < 4.78 is 38.9. The maximum Gasteiger partial charge on any atom is 0.325 e. The maximum absolute atomic E-state index is 13.3. The van der Waals surface area contributed by atoms with Gasteiger partial charge >= 0.3 is 5.97 Å². The monoisotopic (exact) mass is 243 g/mol. The summed E-state index contributed by atoms with van der Waals surface area (Å²) in [7, 11) is 0. The molecule has 0 aliphatic rings. The molecule has 0 aliphatic carbocycles. The van der Waals surface area contributed by atoms with Gasteiger partial charge in [0.2, 0.25) is 0 Å². The van der Waals surface area contributed by atoms with Crippen LogP contribution in [0.4, 0.5) is 13.2 Å². The molecule has 1 aromatic carbocycles. The van der Waals surface area contributed by atoms with E-state index in [1.807, 2.05) is 0 Å². The lowest BCUT2D eigenvalue weighted by atomic mass is 10.1. The number of hydrogen-bond acceptors (Lipinski definition) is 2. The van der Waals surface area contributed by atoms with Crippen molar-refractivity contribution in [3.63, 3.8) is 0 Å². The lowest BCUT2D eigenvalue weighted by Crippen LogP contribution is -2.29. The number of hydrogen-bond donors (Lipinski definition) is 2. The Hall–Kier alpha value is -2.00. The standard InChI is InChI=1S/C11H8F3NO2/c1-2-3-15-10(11(16)17)6-4-8(13)9(14)5-7(6)12/h1,4-5,10,15H,3H2,(H,16,17). The molecule has 0 fully saturated rings. The highest BCUT2D eigenvalue weighted by Gasteiger charge is 2.24. The zero-order valence-electron chi connectivity index (χ0n) is 8.51. The fourth-order valence-electron chi connectivity index (χ4n) is 1.25. The van der Waals surface area contributed by atoms with Gasteiger partial charge in [-0.2, -0.15) is 0 Å². The molecule has 0 aromatic heterocycles. The summed E-state index contributed by atoms with van der Waals surface area (Å²) in [4.78, 5) is 10.8. The van der Waals surface area contributed by atoms with E-state index in [4.69, 9.17) is 11.5 Å². The van der Waals surface area contributed by atoms with Crippen LogP contribution >= 0.6 is 0 Å². The highest BCUT2D eigenvalue weighted by atomic mass is 19.2. The summed E-state index contributed by atoms with van der Waals surface area (Å²) in [6.07, 6.45) is 4.91. The first-order valence-corrected chi connectivity index (χ1v) is 4.51. The van der Waals surface area contributed by atoms with Crippen LogP contribution in [0.2, 0.25) is 0 Å². The van der Waals surface area contributed by atoms with Crippen molar-refractivity contribution in [2.75, 3.05) is 6.54 Å². The zero-order valence-corrected chi connectivity index (χ0v) is 8.51. The van der Waals surface area contributed by atoms with Gasteiger partial charge in [-0.1, -0.05) is 5.92 Å². The highest BCUT2D eigenvalue weighted by molar-refractivity contribution is 5.75. The van der Waals surface area contributed by atoms with E-state index in [1.54, 1.807) is 0 Å². The number of nitrogens with one attached hydrogen (secondary N) is 1. The molecule has 0 heterocycles. The predicted octanol–water partition coefficient (Wildman–Crippen LogP) is 1.45. The molecular weight excluding hydrogens is 235 g/mol. The van der Waals surface area contributed by atoms with Crippen molar-refractivity contribution in [2.45, 2.75) is 6.04 Å². The van der Waals surface area contributed by atoms with Gasteiger partial charge in [0.1, 0.15) is 11.9 Å². The van der Waals surface area contributed by atoms with Gasteiger partial charge in [-0.3, -0.25) is 10.1 Å². The minimum Gasteiger partial charge on any atom is -0.480 e. The Labute approximate surface area is 95.3 Å². The van der Waals surface area contributed by atoms with Crippen LogP contribution in [-0.4, -0.2) is 17.6 Å². The van der Waals surface area contributed by atoms with Gasteiger partial charge in [-0.05, 0) is 6.07 Å². The largest absolute Gasteiger partial charge is 0.480 e. The normalized spacial score (nSPS) is 11.9. The zero-order chi connectivity index (χ0) is 13.0. The molecule has 90 valence electrons. The molecule has 0 radical (unpaired) electrons. The fraction of sp³-hybridized carbons (Fsp3) is 0.182. The molecule has 1 atom stereocenters. The van der Waals surface area contributed by atoms with Crippen molar-refractivity contribution in [3.05, 3.63) is 35.1 Å². The van der Waals surface area contributed by atoms with Gasteiger partial charge < -0.3 is 5.11 Å². The van der Waals surface area contributed by atoms with E-state index in [1.165, 1.54) is 0 Å². The second-order valence-electron chi connectivity index (χ2n) is 3.14. The SMILES string of the molecule is C#CCNC(C(=O)O)c1cc(F)c(F)cc1F. The Balaban J connectivity index is 3.15. The summed E-state index contributed by atoms with van der Waals surface area (Å²) >= 11 is 0. The third kappa shape index (κ3) is 2.98. The molecule has 0 aliphatic heterocycles. The number of carboxylic acid groups (broad SMARTS) is 1. The smallest absolute Gasteiger partial charge is 0.325 e. The first-order valence-electron chi connectivity index (χ1n) is 4.51. The second kappa shape index (κ2) is 5.37. The van der Waals surface area contributed by atoms with Crippen LogP contribution < -0.4 is 5.32 Å². The van der Waals surface area contributed by atoms with E-state index >= 15 is 0 Å². The van der Waals surface area contributed by atoms with E-state index < -0.39 is 35.0 Å². The minimum atomic E-state index is -1.53. The van der Waals surface area contributed by atoms with Crippen molar-refractivity contribution in [1.29, 1.82) is 0 Å². The molecule has 2 N–H and O–H groups in total. The van der Waals surface area contributed by atoms with E-state index in [0.717, 1.165) is 0 Å². The Morgan fingerprint density at radius 3 is 2.47 bits per heavy atom. The lowest BCUT2D eigenvalue weighted by Gasteiger charge is -2.14. The Kier molecular flexibility index (Phi) is 4.12. The number of carbonyl (C=O) groups is 1. The Bertz CT molecular complexity index is 482. The first kappa shape index (κ1) is 13.1. The summed E-state index contributed by atoms with van der Waals surface area (Å²) in [5.74, 6) is -3.19. The maximum atomic E-state index is 13.3. The summed E-state index contributed by atoms with van der Waals surface area (Å²) in [6, 6.07) is -0.744. The molecule has 0 saturated carbocycles. The molecular formula is C11H8F3NO2. The number of rotatable bonds is 4. The van der Waals surface area contributed by atoms with Crippen LogP contribution in [0.3, 0.4) is 0 Å². The third-order valence-electron chi connectivity index (χ3n) is 2.01. The van der Waals surface area contributed by atoms with Gasteiger partial charge in [-0.15, -0.1) is 6.42 Å². The summed E-state index contributed by atoms with van der Waals surface area (Å²) in [6.45, 7) is -0.143. The molecule has 1 unspecified atom stereocenters. The first-order chi connectivity index (χ1) is 7.97. The number of carboxylic acids is 1. The quantitative estimate of drug-likeness (QED) is 0.621. The van der Waals surface area contributed by atoms with Crippen molar-refractivity contribution in [3.8, 4) is 12.3 Å². The molecule has 0 spiro atoms. The number of aliphatic carboxylic acids is 1. The molecule has 17 heavy (non-hydrogen) atoms. The second-order valence-corrected chi connectivity index (χ2v) is 3.14. The molecule has 0 amide bonds. The van der Waals surface area contributed by atoms with Gasteiger partial charge in [-0.25, -0.2) is 13.2 Å². The van der Waals surface area contributed by atoms with Crippen LogP contribution in [0.1, 0.15) is 11.6 Å². The van der Waals surface area contributed by atoms with Crippen LogP contribution in [0, 0.1) is 29.8 Å². The third-order valence-corrected chi connectivity index (χ3v) is 2.01. The molecule has 1 aromatic rings. The average molecular weight is 243 g/mol. The van der Waals surface area contributed by atoms with Gasteiger partial charge in [0.25, 0.3) is 0 Å².